The maximum absolute atomic E-state index is 9.78. The molecule has 0 aromatic rings. The smallest absolute Gasteiger partial charge is 0.351 e. The summed E-state index contributed by atoms with van der Waals surface area (Å²) < 4.78 is 3.64. The van der Waals surface area contributed by atoms with Gasteiger partial charge in [0.2, 0.25) is 0 Å². The zero-order chi connectivity index (χ0) is 6.57. The average Bonchev–Trinajstić information content (AvgIpc) is 1.65. The summed E-state index contributed by atoms with van der Waals surface area (Å²) in [6.07, 6.45) is -1.27. The number of nitrogens with two attached hydrogens (primary N) is 1. The molecular weight excluding hydrogens is 134 g/mol. The van der Waals surface area contributed by atoms with Crippen LogP contribution in [0.2, 0.25) is 0 Å². The summed E-state index contributed by atoms with van der Waals surface area (Å²) in [6, 6.07) is 0. The van der Waals surface area contributed by atoms with E-state index in [0.29, 0.717) is 0 Å². The summed E-state index contributed by atoms with van der Waals surface area (Å²) in [7, 11) is 0. The quantitative estimate of drug-likeness (QED) is 0.213. The standard InChI is InChI=1S/C2H3NO4S/c3-7-1(4)6-2(5)8/h3H2,(H,5,8). The summed E-state index contributed by atoms with van der Waals surface area (Å²) in [5.74, 6) is 4.26. The lowest BCUT2D eigenvalue weighted by atomic mass is 11.3. The first-order chi connectivity index (χ1) is 3.66. The van der Waals surface area contributed by atoms with Gasteiger partial charge in [0.25, 0.3) is 0 Å². The Labute approximate surface area is 50.1 Å². The van der Waals surface area contributed by atoms with E-state index in [1.165, 1.54) is 0 Å². The SMILES string of the molecule is NOC(=O)OC(=O)S. The van der Waals surface area contributed by atoms with Gasteiger partial charge in [-0.05, 0) is 0 Å². The maximum atomic E-state index is 9.78. The minimum Gasteiger partial charge on any atom is -0.351 e. The Morgan fingerprint density at radius 3 is 2.12 bits per heavy atom. The van der Waals surface area contributed by atoms with E-state index in [-0.39, 0.29) is 0 Å². The summed E-state index contributed by atoms with van der Waals surface area (Å²) in [4.78, 5) is 22.9. The molecular formula is C2H3NO4S. The number of hydrogen-bond acceptors (Lipinski definition) is 5. The minimum atomic E-state index is -1.27. The number of carbonyl (C=O) groups excluding carboxylic acids is 2. The van der Waals surface area contributed by atoms with Gasteiger partial charge in [-0.15, -0.1) is 0 Å². The lowest BCUT2D eigenvalue weighted by molar-refractivity contribution is 0.0838. The molecule has 0 saturated carbocycles. The highest BCUT2D eigenvalue weighted by Gasteiger charge is 2.03. The highest BCUT2D eigenvalue weighted by molar-refractivity contribution is 7.96. The van der Waals surface area contributed by atoms with Crippen LogP contribution in [-0.2, 0) is 9.57 Å². The van der Waals surface area contributed by atoms with Gasteiger partial charge in [-0.2, -0.15) is 5.90 Å². The molecule has 0 rings (SSSR count). The number of ether oxygens (including phenoxy) is 1. The van der Waals surface area contributed by atoms with Gasteiger partial charge in [0.1, 0.15) is 0 Å². The van der Waals surface area contributed by atoms with Gasteiger partial charge >= 0.3 is 11.5 Å². The zero-order valence-electron chi connectivity index (χ0n) is 3.66. The second-order valence-electron chi connectivity index (χ2n) is 0.736. The van der Waals surface area contributed by atoms with E-state index in [4.69, 9.17) is 0 Å². The third-order valence-electron chi connectivity index (χ3n) is 0.267. The molecule has 0 unspecified atom stereocenters. The van der Waals surface area contributed by atoms with Crippen molar-refractivity contribution in [2.75, 3.05) is 0 Å². The monoisotopic (exact) mass is 137 g/mol. The van der Waals surface area contributed by atoms with Crippen LogP contribution < -0.4 is 5.90 Å². The molecule has 2 N–H and O–H groups in total. The molecule has 8 heavy (non-hydrogen) atoms. The molecule has 5 nitrogen and oxygen atoms in total. The maximum Gasteiger partial charge on any atom is 0.536 e. The second kappa shape index (κ2) is 3.28. The van der Waals surface area contributed by atoms with Crippen molar-refractivity contribution in [2.45, 2.75) is 0 Å². The van der Waals surface area contributed by atoms with E-state index >= 15 is 0 Å². The van der Waals surface area contributed by atoms with E-state index in [1.54, 1.807) is 0 Å². The van der Waals surface area contributed by atoms with Crippen LogP contribution >= 0.6 is 12.6 Å². The minimum absolute atomic E-state index is 1.06. The van der Waals surface area contributed by atoms with Gasteiger partial charge in [0.15, 0.2) is 0 Å². The topological polar surface area (TPSA) is 78.6 Å². The molecule has 0 saturated heterocycles. The van der Waals surface area contributed by atoms with Crippen LogP contribution in [0, 0.1) is 0 Å². The van der Waals surface area contributed by atoms with Crippen molar-refractivity contribution in [3.05, 3.63) is 0 Å². The van der Waals surface area contributed by atoms with Crippen molar-refractivity contribution in [1.29, 1.82) is 0 Å². The zero-order valence-corrected chi connectivity index (χ0v) is 4.55. The second-order valence-corrected chi connectivity index (χ2v) is 1.10. The van der Waals surface area contributed by atoms with Gasteiger partial charge in [-0.25, -0.2) is 9.59 Å². The van der Waals surface area contributed by atoms with Gasteiger partial charge in [0.05, 0.1) is 0 Å². The Kier molecular flexibility index (Phi) is 2.97. The number of rotatable bonds is 0. The molecule has 0 aromatic heterocycles. The molecule has 6 heteroatoms. The molecule has 0 aromatic carbocycles. The highest BCUT2D eigenvalue weighted by Crippen LogP contribution is 1.86. The largest absolute Gasteiger partial charge is 0.536 e. The van der Waals surface area contributed by atoms with E-state index in [2.05, 4.69) is 28.1 Å². The molecule has 0 aliphatic carbocycles. The first-order valence-corrected chi connectivity index (χ1v) is 1.93. The van der Waals surface area contributed by atoms with Crippen molar-refractivity contribution in [3.63, 3.8) is 0 Å². The Morgan fingerprint density at radius 1 is 1.50 bits per heavy atom. The first kappa shape index (κ1) is 7.25. The Morgan fingerprint density at radius 2 is 2.00 bits per heavy atom. The highest BCUT2D eigenvalue weighted by atomic mass is 32.1. The van der Waals surface area contributed by atoms with Crippen LogP contribution in [-0.4, -0.2) is 11.5 Å². The van der Waals surface area contributed by atoms with E-state index in [0.717, 1.165) is 0 Å². The molecule has 0 amide bonds. The normalized spacial score (nSPS) is 7.75. The number of hydrogen-bond donors (Lipinski definition) is 2. The molecule has 0 heterocycles. The lowest BCUT2D eigenvalue weighted by Crippen LogP contribution is -2.12. The predicted octanol–water partition coefficient (Wildman–Crippen LogP) is 0.0631. The van der Waals surface area contributed by atoms with Crippen LogP contribution in [0.3, 0.4) is 0 Å². The fourth-order valence-electron chi connectivity index (χ4n) is 0.0953. The summed E-state index contributed by atoms with van der Waals surface area (Å²) in [5.41, 5.74) is 0. The van der Waals surface area contributed by atoms with Gasteiger partial charge in [0, 0.05) is 0 Å². The summed E-state index contributed by atoms with van der Waals surface area (Å²) >= 11 is 3.07. The van der Waals surface area contributed by atoms with Crippen LogP contribution in [0.25, 0.3) is 0 Å². The van der Waals surface area contributed by atoms with E-state index in [9.17, 15) is 9.59 Å². The fourth-order valence-corrected chi connectivity index (χ4v) is 0.170. The summed E-state index contributed by atoms with van der Waals surface area (Å²) in [5, 5.41) is -1.06. The number of carbonyl (C=O) groups is 2. The molecule has 0 atom stereocenters. The van der Waals surface area contributed by atoms with Crippen LogP contribution in [0.15, 0.2) is 0 Å². The molecule has 0 aliphatic rings. The van der Waals surface area contributed by atoms with Crippen molar-refractivity contribution < 1.29 is 19.2 Å². The molecule has 0 fully saturated rings. The van der Waals surface area contributed by atoms with Crippen molar-refractivity contribution >= 4 is 24.1 Å². The Bertz CT molecular complexity index is 113. The molecule has 46 valence electrons. The van der Waals surface area contributed by atoms with E-state index in [1.807, 2.05) is 0 Å². The van der Waals surface area contributed by atoms with Gasteiger partial charge < -0.3 is 9.57 Å². The Balaban J connectivity index is 3.40. The fraction of sp³-hybridized carbons (Fsp3) is 0. The average molecular weight is 137 g/mol. The van der Waals surface area contributed by atoms with Crippen molar-refractivity contribution in [3.8, 4) is 0 Å². The molecule has 0 spiro atoms. The molecule has 0 bridgehead atoms. The first-order valence-electron chi connectivity index (χ1n) is 1.48. The lowest BCUT2D eigenvalue weighted by Gasteiger charge is -1.91. The van der Waals surface area contributed by atoms with Gasteiger partial charge in [-0.1, -0.05) is 12.6 Å². The van der Waals surface area contributed by atoms with Gasteiger partial charge in [-0.3, -0.25) is 0 Å². The van der Waals surface area contributed by atoms with Crippen molar-refractivity contribution in [2.24, 2.45) is 5.90 Å². The summed E-state index contributed by atoms with van der Waals surface area (Å²) in [6.45, 7) is 0. The predicted molar refractivity (Wildman–Crippen MR) is 26.1 cm³/mol. The Hall–Kier alpha value is -0.750. The van der Waals surface area contributed by atoms with Crippen LogP contribution in [0.1, 0.15) is 0 Å². The van der Waals surface area contributed by atoms with Crippen LogP contribution in [0.5, 0.6) is 0 Å². The number of thiol groups is 1. The van der Waals surface area contributed by atoms with E-state index < -0.39 is 11.5 Å². The molecule has 0 aliphatic heterocycles. The third-order valence-corrected chi connectivity index (χ3v) is 0.358. The molecule has 0 radical (unpaired) electrons. The third kappa shape index (κ3) is 3.44. The van der Waals surface area contributed by atoms with Crippen LogP contribution in [0.4, 0.5) is 9.59 Å². The van der Waals surface area contributed by atoms with Crippen molar-refractivity contribution in [1.82, 2.24) is 0 Å².